The van der Waals surface area contributed by atoms with E-state index in [1.165, 1.54) is 0 Å². The molecule has 1 unspecified atom stereocenters. The van der Waals surface area contributed by atoms with Crippen LogP contribution in [0.3, 0.4) is 0 Å². The molecule has 0 radical (unpaired) electrons. The Hall–Kier alpha value is -2.14. The van der Waals surface area contributed by atoms with Crippen LogP contribution >= 0.6 is 0 Å². The van der Waals surface area contributed by atoms with Crippen LogP contribution in [-0.2, 0) is 14.8 Å². The molecule has 1 atom stereocenters. The van der Waals surface area contributed by atoms with Crippen molar-refractivity contribution in [1.29, 1.82) is 0 Å². The van der Waals surface area contributed by atoms with Crippen molar-refractivity contribution in [2.24, 2.45) is 0 Å². The molecular weight excluding hydrogens is 298 g/mol. The molecule has 5 heteroatoms. The van der Waals surface area contributed by atoms with E-state index in [1.807, 2.05) is 26.0 Å². The maximum absolute atomic E-state index is 11.5. The molecule has 22 heavy (non-hydrogen) atoms. The zero-order valence-electron chi connectivity index (χ0n) is 12.8. The Kier molecular flexibility index (Phi) is 4.66. The number of nitrogens with one attached hydrogen (secondary N) is 1. The van der Waals surface area contributed by atoms with Gasteiger partial charge in [0.1, 0.15) is 6.29 Å². The van der Waals surface area contributed by atoms with Gasteiger partial charge >= 0.3 is 0 Å². The van der Waals surface area contributed by atoms with Crippen molar-refractivity contribution in [3.63, 3.8) is 0 Å². The molecule has 2 aromatic carbocycles. The maximum atomic E-state index is 11.5. The molecule has 0 aliphatic carbocycles. The van der Waals surface area contributed by atoms with Gasteiger partial charge in [0.25, 0.3) is 0 Å². The minimum Gasteiger partial charge on any atom is -0.302 e. The van der Waals surface area contributed by atoms with E-state index in [2.05, 4.69) is 10.8 Å². The minimum absolute atomic E-state index is 0.356. The van der Waals surface area contributed by atoms with E-state index in [9.17, 15) is 13.2 Å². The molecule has 0 amide bonds. The first-order valence-electron chi connectivity index (χ1n) is 6.90. The van der Waals surface area contributed by atoms with Gasteiger partial charge < -0.3 is 4.79 Å². The van der Waals surface area contributed by atoms with Crippen LogP contribution in [0, 0.1) is 13.8 Å². The standard InChI is InChI=1S/C17H19NO3S/c1-12-8-13(2)10-15(9-12)17(11-19)14-4-6-16(7-5-14)18-22(3,20)21/h4-11,17-18H,1-3H3. The number of hydrogen-bond donors (Lipinski definition) is 1. The molecule has 0 saturated carbocycles. The zero-order chi connectivity index (χ0) is 16.3. The molecule has 0 heterocycles. The second-order valence-corrected chi connectivity index (χ2v) is 7.28. The van der Waals surface area contributed by atoms with Crippen LogP contribution in [0.15, 0.2) is 42.5 Å². The van der Waals surface area contributed by atoms with Crippen LogP contribution in [0.4, 0.5) is 5.69 Å². The topological polar surface area (TPSA) is 63.2 Å². The molecule has 4 nitrogen and oxygen atoms in total. The molecule has 2 rings (SSSR count). The Balaban J connectivity index is 2.33. The fourth-order valence-electron chi connectivity index (χ4n) is 2.51. The molecule has 2 aromatic rings. The van der Waals surface area contributed by atoms with E-state index < -0.39 is 10.0 Å². The summed E-state index contributed by atoms with van der Waals surface area (Å²) < 4.78 is 24.8. The van der Waals surface area contributed by atoms with Gasteiger partial charge in [-0.05, 0) is 37.1 Å². The molecule has 116 valence electrons. The van der Waals surface area contributed by atoms with Gasteiger partial charge in [-0.1, -0.05) is 41.5 Å². The summed E-state index contributed by atoms with van der Waals surface area (Å²) in [5.41, 5.74) is 4.47. The largest absolute Gasteiger partial charge is 0.302 e. The molecular formula is C17H19NO3S. The highest BCUT2D eigenvalue weighted by molar-refractivity contribution is 7.92. The summed E-state index contributed by atoms with van der Waals surface area (Å²) in [4.78, 5) is 11.5. The first kappa shape index (κ1) is 16.2. The molecule has 0 aliphatic rings. The van der Waals surface area contributed by atoms with Crippen LogP contribution in [0.1, 0.15) is 28.2 Å². The third-order valence-corrected chi connectivity index (χ3v) is 3.92. The molecule has 0 spiro atoms. The van der Waals surface area contributed by atoms with Gasteiger partial charge in [-0.3, -0.25) is 4.72 Å². The lowest BCUT2D eigenvalue weighted by Gasteiger charge is -2.14. The highest BCUT2D eigenvalue weighted by atomic mass is 32.2. The number of benzene rings is 2. The van der Waals surface area contributed by atoms with Crippen LogP contribution in [0.2, 0.25) is 0 Å². The van der Waals surface area contributed by atoms with Crippen molar-refractivity contribution < 1.29 is 13.2 Å². The van der Waals surface area contributed by atoms with Crippen molar-refractivity contribution >= 4 is 22.0 Å². The third kappa shape index (κ3) is 4.18. The minimum atomic E-state index is -3.30. The van der Waals surface area contributed by atoms with Crippen molar-refractivity contribution in [1.82, 2.24) is 0 Å². The van der Waals surface area contributed by atoms with Crippen molar-refractivity contribution in [3.8, 4) is 0 Å². The zero-order valence-corrected chi connectivity index (χ0v) is 13.6. The van der Waals surface area contributed by atoms with Gasteiger partial charge in [-0.15, -0.1) is 0 Å². The quantitative estimate of drug-likeness (QED) is 0.862. The van der Waals surface area contributed by atoms with Crippen LogP contribution < -0.4 is 4.72 Å². The predicted octanol–water partition coefficient (Wildman–Crippen LogP) is 3.01. The van der Waals surface area contributed by atoms with Crippen LogP contribution in [-0.4, -0.2) is 21.0 Å². The number of sulfonamides is 1. The fraction of sp³-hybridized carbons (Fsp3) is 0.235. The van der Waals surface area contributed by atoms with E-state index in [0.29, 0.717) is 5.69 Å². The Morgan fingerprint density at radius 2 is 1.50 bits per heavy atom. The molecule has 0 aliphatic heterocycles. The van der Waals surface area contributed by atoms with Crippen LogP contribution in [0.25, 0.3) is 0 Å². The van der Waals surface area contributed by atoms with Gasteiger partial charge in [-0.2, -0.15) is 0 Å². The first-order chi connectivity index (χ1) is 10.3. The van der Waals surface area contributed by atoms with E-state index >= 15 is 0 Å². The average Bonchev–Trinajstić information content (AvgIpc) is 2.38. The Morgan fingerprint density at radius 1 is 0.955 bits per heavy atom. The average molecular weight is 317 g/mol. The molecule has 0 fully saturated rings. The summed E-state index contributed by atoms with van der Waals surface area (Å²) in [6, 6.07) is 12.9. The number of hydrogen-bond acceptors (Lipinski definition) is 3. The summed E-state index contributed by atoms with van der Waals surface area (Å²) in [5, 5.41) is 0. The van der Waals surface area contributed by atoms with Crippen molar-refractivity contribution in [2.75, 3.05) is 11.0 Å². The molecule has 0 saturated heterocycles. The fourth-order valence-corrected chi connectivity index (χ4v) is 3.08. The first-order valence-corrected chi connectivity index (χ1v) is 8.79. The van der Waals surface area contributed by atoms with E-state index in [0.717, 1.165) is 34.8 Å². The summed E-state index contributed by atoms with van der Waals surface area (Å²) in [5.74, 6) is -0.356. The number of aryl methyl sites for hydroxylation is 2. The summed E-state index contributed by atoms with van der Waals surface area (Å²) >= 11 is 0. The van der Waals surface area contributed by atoms with Crippen LogP contribution in [0.5, 0.6) is 0 Å². The summed E-state index contributed by atoms with van der Waals surface area (Å²) in [6.07, 6.45) is 2.01. The molecule has 0 aromatic heterocycles. The maximum Gasteiger partial charge on any atom is 0.229 e. The van der Waals surface area contributed by atoms with E-state index in [1.54, 1.807) is 24.3 Å². The normalized spacial score (nSPS) is 12.7. The van der Waals surface area contributed by atoms with E-state index in [-0.39, 0.29) is 5.92 Å². The lowest BCUT2D eigenvalue weighted by atomic mass is 9.90. The monoisotopic (exact) mass is 317 g/mol. The Morgan fingerprint density at radius 3 is 1.95 bits per heavy atom. The smallest absolute Gasteiger partial charge is 0.229 e. The van der Waals surface area contributed by atoms with Gasteiger partial charge in [0, 0.05) is 5.69 Å². The number of carbonyl (C=O) groups excluding carboxylic acids is 1. The summed E-state index contributed by atoms with van der Waals surface area (Å²) in [6.45, 7) is 4.00. The number of anilines is 1. The lowest BCUT2D eigenvalue weighted by molar-refractivity contribution is -0.108. The Labute approximate surface area is 131 Å². The second kappa shape index (κ2) is 6.32. The van der Waals surface area contributed by atoms with Gasteiger partial charge in [0.2, 0.25) is 10.0 Å². The second-order valence-electron chi connectivity index (χ2n) is 5.53. The highest BCUT2D eigenvalue weighted by Crippen LogP contribution is 2.26. The molecule has 0 bridgehead atoms. The van der Waals surface area contributed by atoms with E-state index in [4.69, 9.17) is 0 Å². The third-order valence-electron chi connectivity index (χ3n) is 3.31. The van der Waals surface area contributed by atoms with Crippen molar-refractivity contribution in [3.05, 3.63) is 64.7 Å². The molecule has 1 N–H and O–H groups in total. The number of carbonyl (C=O) groups is 1. The lowest BCUT2D eigenvalue weighted by Crippen LogP contribution is -2.10. The number of aldehydes is 1. The SMILES string of the molecule is Cc1cc(C)cc(C(C=O)c2ccc(NS(C)(=O)=O)cc2)c1. The Bertz CT molecular complexity index is 760. The summed E-state index contributed by atoms with van der Waals surface area (Å²) in [7, 11) is -3.30. The predicted molar refractivity (Wildman–Crippen MR) is 88.7 cm³/mol. The van der Waals surface area contributed by atoms with Crippen molar-refractivity contribution in [2.45, 2.75) is 19.8 Å². The van der Waals surface area contributed by atoms with Gasteiger partial charge in [-0.25, -0.2) is 8.42 Å². The highest BCUT2D eigenvalue weighted by Gasteiger charge is 2.14. The number of rotatable bonds is 5. The van der Waals surface area contributed by atoms with Gasteiger partial charge in [0.05, 0.1) is 12.2 Å². The van der Waals surface area contributed by atoms with Gasteiger partial charge in [0.15, 0.2) is 0 Å².